The highest BCUT2D eigenvalue weighted by atomic mass is 32.2. The summed E-state index contributed by atoms with van der Waals surface area (Å²) in [7, 11) is -2.45. The maximum Gasteiger partial charge on any atom is 0.262 e. The van der Waals surface area contributed by atoms with E-state index in [1.54, 1.807) is 48.5 Å². The Balaban J connectivity index is 1.16. The van der Waals surface area contributed by atoms with Crippen molar-refractivity contribution in [1.82, 2.24) is 30.2 Å². The number of furan rings is 1. The molecule has 2 aromatic heterocycles. The Hall–Kier alpha value is -6.56. The van der Waals surface area contributed by atoms with E-state index in [-0.39, 0.29) is 54.2 Å². The van der Waals surface area contributed by atoms with E-state index >= 15 is 4.79 Å². The average molecular weight is 910 g/mol. The Labute approximate surface area is 375 Å². The molecule has 8 rings (SSSR count). The number of rotatable bonds is 15. The van der Waals surface area contributed by atoms with Crippen LogP contribution in [0.2, 0.25) is 0 Å². The largest absolute Gasteiger partial charge is 0.491 e. The van der Waals surface area contributed by atoms with Gasteiger partial charge in [-0.2, -0.15) is 4.98 Å². The third kappa shape index (κ3) is 9.21. The highest BCUT2D eigenvalue weighted by molar-refractivity contribution is 7.91. The number of nitrogens with zero attached hydrogens (tertiary/aromatic N) is 3. The quantitative estimate of drug-likeness (QED) is 0.0909. The van der Waals surface area contributed by atoms with Gasteiger partial charge >= 0.3 is 0 Å². The van der Waals surface area contributed by atoms with Gasteiger partial charge in [-0.05, 0) is 99.2 Å². The molecule has 3 aliphatic rings. The molecule has 2 aliphatic carbocycles. The fourth-order valence-electron chi connectivity index (χ4n) is 8.18. The highest BCUT2D eigenvalue weighted by Gasteiger charge is 2.62. The zero-order chi connectivity index (χ0) is 46.6. The molecule has 3 aromatic carbocycles. The van der Waals surface area contributed by atoms with Crippen molar-refractivity contribution in [3.8, 4) is 23.0 Å². The van der Waals surface area contributed by atoms with E-state index in [1.165, 1.54) is 36.2 Å². The lowest BCUT2D eigenvalue weighted by molar-refractivity contribution is -0.141. The smallest absolute Gasteiger partial charge is 0.262 e. The van der Waals surface area contributed by atoms with Gasteiger partial charge in [-0.15, -0.1) is 6.58 Å². The van der Waals surface area contributed by atoms with Crippen LogP contribution in [0.4, 0.5) is 10.1 Å². The third-order valence-electron chi connectivity index (χ3n) is 11.9. The Morgan fingerprint density at radius 2 is 1.77 bits per heavy atom. The molecule has 0 bridgehead atoms. The summed E-state index contributed by atoms with van der Waals surface area (Å²) in [5, 5.41) is 8.41. The number of fused-ring (bicyclic) bond motifs is 3. The maximum atomic E-state index is 15.1. The molecular formula is C47H52FN7O9S. The van der Waals surface area contributed by atoms with Crippen LogP contribution in [-0.2, 0) is 24.4 Å². The van der Waals surface area contributed by atoms with Crippen LogP contribution in [0, 0.1) is 17.2 Å². The summed E-state index contributed by atoms with van der Waals surface area (Å²) in [6, 6.07) is 15.6. The fourth-order valence-corrected chi connectivity index (χ4v) is 9.55. The zero-order valence-electron chi connectivity index (χ0n) is 36.9. The molecule has 4 amide bonds. The molecule has 1 saturated heterocycles. The zero-order valence-corrected chi connectivity index (χ0v) is 37.8. The van der Waals surface area contributed by atoms with Crippen molar-refractivity contribution in [2.24, 2.45) is 11.3 Å². The number of aromatic nitrogens is 2. The molecule has 5 atom stereocenters. The number of anilines is 1. The van der Waals surface area contributed by atoms with Crippen molar-refractivity contribution < 1.29 is 45.9 Å². The molecular weight excluding hydrogens is 858 g/mol. The summed E-state index contributed by atoms with van der Waals surface area (Å²) in [5.41, 5.74) is -0.242. The minimum Gasteiger partial charge on any atom is -0.491 e. The van der Waals surface area contributed by atoms with E-state index in [4.69, 9.17) is 23.9 Å². The van der Waals surface area contributed by atoms with Gasteiger partial charge in [0.25, 0.3) is 17.7 Å². The summed E-state index contributed by atoms with van der Waals surface area (Å²) < 4.78 is 61.3. The van der Waals surface area contributed by atoms with Crippen LogP contribution >= 0.6 is 0 Å². The van der Waals surface area contributed by atoms with Crippen molar-refractivity contribution in [2.75, 3.05) is 18.9 Å². The number of nitrogens with one attached hydrogen (secondary N) is 4. The van der Waals surface area contributed by atoms with Crippen LogP contribution in [0.3, 0.4) is 0 Å². The predicted molar refractivity (Wildman–Crippen MR) is 241 cm³/mol. The Bertz CT molecular complexity index is 2820. The molecule has 1 aliphatic heterocycles. The second-order valence-electron chi connectivity index (χ2n) is 18.2. The van der Waals surface area contributed by atoms with E-state index in [1.807, 2.05) is 34.6 Å². The summed E-state index contributed by atoms with van der Waals surface area (Å²) >= 11 is 0. The number of ether oxygens (including phenoxy) is 2. The average Bonchev–Trinajstić information content (AvgIpc) is 4.17. The van der Waals surface area contributed by atoms with Crippen molar-refractivity contribution in [3.63, 3.8) is 0 Å². The van der Waals surface area contributed by atoms with Crippen LogP contribution in [-0.4, -0.2) is 95.6 Å². The number of likely N-dealkylation sites (tertiary alicyclic amines) is 1. The van der Waals surface area contributed by atoms with Crippen molar-refractivity contribution in [2.45, 2.75) is 95.4 Å². The van der Waals surface area contributed by atoms with Gasteiger partial charge in [-0.25, -0.2) is 17.8 Å². The second kappa shape index (κ2) is 17.1. The minimum absolute atomic E-state index is 0.0193. The van der Waals surface area contributed by atoms with Gasteiger partial charge in [-0.3, -0.25) is 23.9 Å². The molecule has 0 unspecified atom stereocenters. The van der Waals surface area contributed by atoms with Crippen molar-refractivity contribution in [3.05, 3.63) is 90.8 Å². The van der Waals surface area contributed by atoms with Gasteiger partial charge in [0.05, 0.1) is 17.9 Å². The number of benzene rings is 3. The number of sulfonamides is 1. The molecule has 3 heterocycles. The molecule has 0 spiro atoms. The molecule has 18 heteroatoms. The third-order valence-corrected chi connectivity index (χ3v) is 13.7. The molecule has 4 N–H and O–H groups in total. The number of amides is 4. The van der Waals surface area contributed by atoms with Gasteiger partial charge < -0.3 is 34.7 Å². The number of carbonyl (C=O) groups excluding carboxylic acids is 4. The summed E-state index contributed by atoms with van der Waals surface area (Å²) in [4.78, 5) is 67.0. The lowest BCUT2D eigenvalue weighted by Gasteiger charge is -2.36. The first kappa shape index (κ1) is 45.0. The molecule has 2 saturated carbocycles. The number of halogens is 1. The number of hydrogen-bond donors (Lipinski definition) is 4. The SMILES string of the molecule is C=C[C@@H]1C[C@]1(NC(=O)[C@@H]1C[C@@H](Oc2nc(-c3ccc(OC(C)C)cc3)nc3c2oc2ccc(F)cc23)CN1C(=O)[C@@H](Nc1cccc(C(=O)NC)c1)C(C)(C)C)C(=O)NS(=O)(=O)C1CC1. The normalized spacial score (nSPS) is 21.2. The highest BCUT2D eigenvalue weighted by Crippen LogP contribution is 2.46. The first-order valence-corrected chi connectivity index (χ1v) is 23.1. The number of hydrogen-bond acceptors (Lipinski definition) is 12. The molecule has 65 heavy (non-hydrogen) atoms. The topological polar surface area (TPSA) is 211 Å². The monoisotopic (exact) mass is 909 g/mol. The molecule has 5 aromatic rings. The van der Waals surface area contributed by atoms with Crippen LogP contribution in [0.1, 0.15) is 70.7 Å². The van der Waals surface area contributed by atoms with Gasteiger partial charge in [0.1, 0.15) is 46.4 Å². The first-order chi connectivity index (χ1) is 30.8. The lowest BCUT2D eigenvalue weighted by atomic mass is 9.85. The maximum absolute atomic E-state index is 15.1. The van der Waals surface area contributed by atoms with E-state index in [0.717, 1.165) is 0 Å². The summed E-state index contributed by atoms with van der Waals surface area (Å²) in [5.74, 6) is -2.64. The van der Waals surface area contributed by atoms with E-state index in [0.29, 0.717) is 46.4 Å². The van der Waals surface area contributed by atoms with E-state index < -0.39 is 73.9 Å². The molecule has 3 fully saturated rings. The molecule has 16 nitrogen and oxygen atoms in total. The van der Waals surface area contributed by atoms with Crippen molar-refractivity contribution in [1.29, 1.82) is 0 Å². The van der Waals surface area contributed by atoms with Crippen LogP contribution in [0.25, 0.3) is 33.5 Å². The van der Waals surface area contributed by atoms with Crippen molar-refractivity contribution >= 4 is 61.4 Å². The Morgan fingerprint density at radius 1 is 1.03 bits per heavy atom. The van der Waals surface area contributed by atoms with Gasteiger partial charge in [-0.1, -0.05) is 32.9 Å². The summed E-state index contributed by atoms with van der Waals surface area (Å²) in [6.07, 6.45) is 1.39. The molecule has 342 valence electrons. The summed E-state index contributed by atoms with van der Waals surface area (Å²) in [6.45, 7) is 13.1. The predicted octanol–water partition coefficient (Wildman–Crippen LogP) is 5.87. The Kier molecular flexibility index (Phi) is 11.8. The number of carbonyl (C=O) groups is 4. The van der Waals surface area contributed by atoms with E-state index in [2.05, 4.69) is 27.3 Å². The van der Waals surface area contributed by atoms with Gasteiger partial charge in [0, 0.05) is 41.6 Å². The van der Waals surface area contributed by atoms with Gasteiger partial charge in [0.2, 0.25) is 27.4 Å². The van der Waals surface area contributed by atoms with Crippen LogP contribution in [0.5, 0.6) is 11.6 Å². The van der Waals surface area contributed by atoms with Crippen LogP contribution in [0.15, 0.2) is 83.8 Å². The first-order valence-electron chi connectivity index (χ1n) is 21.5. The van der Waals surface area contributed by atoms with E-state index in [9.17, 15) is 27.2 Å². The van der Waals surface area contributed by atoms with Gasteiger partial charge in [0.15, 0.2) is 5.82 Å². The van der Waals surface area contributed by atoms with Crippen LogP contribution < -0.4 is 30.1 Å². The second-order valence-corrected chi connectivity index (χ2v) is 20.2. The molecule has 0 radical (unpaired) electrons. The Morgan fingerprint density at radius 3 is 2.42 bits per heavy atom. The lowest BCUT2D eigenvalue weighted by Crippen LogP contribution is -2.58. The standard InChI is InChI=1S/C47H52FN7O9S/c1-8-28-23-47(28,45(59)54-65(60,61)33-17-18-33)53-42(57)35-22-32(24-55(35)44(58)39(46(4,5)6)50-30-11-9-10-27(20-30)41(56)49-7)63-43-38-37(34-21-29(48)14-19-36(34)64-38)51-40(52-43)26-12-15-31(16-13-26)62-25(2)3/h8-16,19-21,25,28,32-33,35,39,50H,1,17-18,22-24H2,2-7H3,(H,49,56)(H,53,57)(H,54,59)/t28-,32-,35+,39-,47-/m1/s1. The minimum atomic E-state index is -3.96. The fraction of sp³-hybridized carbons (Fsp3) is 0.404.